The molecule has 0 bridgehead atoms. The molecule has 1 rings (SSSR count). The van der Waals surface area contributed by atoms with E-state index in [0.29, 0.717) is 6.42 Å². The normalized spacial score (nSPS) is 12.0. The largest absolute Gasteiger partial charge is 0.363 e. The molecule has 0 spiro atoms. The number of anilines is 1. The van der Waals surface area contributed by atoms with E-state index < -0.39 is 0 Å². The average molecular weight is 221 g/mol. The van der Waals surface area contributed by atoms with Crippen molar-refractivity contribution in [1.82, 2.24) is 10.3 Å². The van der Waals surface area contributed by atoms with E-state index in [4.69, 9.17) is 0 Å². The van der Waals surface area contributed by atoms with Crippen LogP contribution in [-0.2, 0) is 4.79 Å². The molecule has 0 saturated heterocycles. The minimum atomic E-state index is 0.0224. The van der Waals surface area contributed by atoms with Gasteiger partial charge in [0.15, 0.2) is 0 Å². The van der Waals surface area contributed by atoms with Gasteiger partial charge in [0.1, 0.15) is 5.82 Å². The van der Waals surface area contributed by atoms with Crippen molar-refractivity contribution in [2.45, 2.75) is 26.3 Å². The van der Waals surface area contributed by atoms with E-state index in [1.54, 1.807) is 6.20 Å². The van der Waals surface area contributed by atoms with Crippen LogP contribution in [0.1, 0.15) is 31.9 Å². The van der Waals surface area contributed by atoms with Crippen LogP contribution in [0.15, 0.2) is 18.3 Å². The summed E-state index contributed by atoms with van der Waals surface area (Å²) in [7, 11) is 3.89. The smallest absolute Gasteiger partial charge is 0.220 e. The second-order valence-corrected chi connectivity index (χ2v) is 3.98. The van der Waals surface area contributed by atoms with Gasteiger partial charge < -0.3 is 10.2 Å². The highest BCUT2D eigenvalue weighted by Gasteiger charge is 2.09. The number of rotatable bonds is 4. The van der Waals surface area contributed by atoms with Crippen molar-refractivity contribution in [2.24, 2.45) is 0 Å². The van der Waals surface area contributed by atoms with Crippen LogP contribution in [0.2, 0.25) is 0 Å². The second kappa shape index (κ2) is 5.49. The molecule has 0 aromatic carbocycles. The molecule has 1 aromatic rings. The highest BCUT2D eigenvalue weighted by atomic mass is 16.1. The van der Waals surface area contributed by atoms with Gasteiger partial charge in [-0.15, -0.1) is 0 Å². The van der Waals surface area contributed by atoms with Crippen molar-refractivity contribution < 1.29 is 4.79 Å². The first-order chi connectivity index (χ1) is 7.54. The summed E-state index contributed by atoms with van der Waals surface area (Å²) >= 11 is 0. The van der Waals surface area contributed by atoms with E-state index >= 15 is 0 Å². The van der Waals surface area contributed by atoms with Crippen molar-refractivity contribution in [3.8, 4) is 0 Å². The van der Waals surface area contributed by atoms with E-state index in [9.17, 15) is 4.79 Å². The van der Waals surface area contributed by atoms with Crippen LogP contribution in [0.4, 0.5) is 5.82 Å². The molecule has 1 heterocycles. The Morgan fingerprint density at radius 2 is 2.25 bits per heavy atom. The number of hydrogen-bond donors (Lipinski definition) is 1. The van der Waals surface area contributed by atoms with E-state index in [1.807, 2.05) is 45.0 Å². The molecule has 4 nitrogen and oxygen atoms in total. The maximum atomic E-state index is 11.3. The third-order valence-corrected chi connectivity index (χ3v) is 2.43. The molecule has 0 saturated carbocycles. The van der Waals surface area contributed by atoms with Gasteiger partial charge in [0.25, 0.3) is 0 Å². The lowest BCUT2D eigenvalue weighted by molar-refractivity contribution is -0.121. The summed E-state index contributed by atoms with van der Waals surface area (Å²) in [6.45, 7) is 3.82. The molecule has 1 amide bonds. The molecule has 88 valence electrons. The summed E-state index contributed by atoms with van der Waals surface area (Å²) in [5, 5.41) is 2.93. The minimum Gasteiger partial charge on any atom is -0.363 e. The Morgan fingerprint density at radius 3 is 2.81 bits per heavy atom. The third-order valence-electron chi connectivity index (χ3n) is 2.43. The first-order valence-electron chi connectivity index (χ1n) is 5.47. The van der Waals surface area contributed by atoms with Gasteiger partial charge in [-0.25, -0.2) is 4.98 Å². The van der Waals surface area contributed by atoms with Crippen LogP contribution in [-0.4, -0.2) is 25.0 Å². The third kappa shape index (κ3) is 3.22. The Morgan fingerprint density at radius 1 is 1.56 bits per heavy atom. The number of aromatic nitrogens is 1. The summed E-state index contributed by atoms with van der Waals surface area (Å²) in [4.78, 5) is 17.5. The predicted octanol–water partition coefficient (Wildman–Crippen LogP) is 1.73. The van der Waals surface area contributed by atoms with Gasteiger partial charge in [-0.3, -0.25) is 4.79 Å². The van der Waals surface area contributed by atoms with Crippen molar-refractivity contribution in [3.05, 3.63) is 23.9 Å². The standard InChI is InChI=1S/C12H19N3O/c1-5-12(16)14-9(2)10-6-7-13-11(8-10)15(3)4/h6-9H,5H2,1-4H3,(H,14,16)/t9-/m1/s1. The van der Waals surface area contributed by atoms with E-state index in [1.165, 1.54) is 0 Å². The number of pyridine rings is 1. The molecular formula is C12H19N3O. The minimum absolute atomic E-state index is 0.0224. The number of nitrogens with zero attached hydrogens (tertiary/aromatic N) is 2. The Hall–Kier alpha value is -1.58. The Labute approximate surface area is 96.7 Å². The number of carbonyl (C=O) groups is 1. The van der Waals surface area contributed by atoms with Crippen molar-refractivity contribution in [3.63, 3.8) is 0 Å². The lowest BCUT2D eigenvalue weighted by Gasteiger charge is -2.17. The van der Waals surface area contributed by atoms with Gasteiger partial charge >= 0.3 is 0 Å². The summed E-state index contributed by atoms with van der Waals surface area (Å²) in [5.74, 6) is 0.964. The molecule has 1 atom stereocenters. The summed E-state index contributed by atoms with van der Waals surface area (Å²) in [5.41, 5.74) is 1.07. The van der Waals surface area contributed by atoms with Crippen LogP contribution in [0.25, 0.3) is 0 Å². The number of nitrogens with one attached hydrogen (secondary N) is 1. The molecule has 0 radical (unpaired) electrons. The lowest BCUT2D eigenvalue weighted by Crippen LogP contribution is -2.25. The number of hydrogen-bond acceptors (Lipinski definition) is 3. The summed E-state index contributed by atoms with van der Waals surface area (Å²) in [6.07, 6.45) is 2.27. The molecule has 16 heavy (non-hydrogen) atoms. The van der Waals surface area contributed by atoms with Crippen molar-refractivity contribution >= 4 is 11.7 Å². The predicted molar refractivity (Wildman–Crippen MR) is 65.4 cm³/mol. The van der Waals surface area contributed by atoms with E-state index in [-0.39, 0.29) is 11.9 Å². The van der Waals surface area contributed by atoms with Crippen LogP contribution >= 0.6 is 0 Å². The van der Waals surface area contributed by atoms with E-state index in [0.717, 1.165) is 11.4 Å². The fourth-order valence-corrected chi connectivity index (χ4v) is 1.37. The monoisotopic (exact) mass is 221 g/mol. The van der Waals surface area contributed by atoms with Gasteiger partial charge in [0.05, 0.1) is 6.04 Å². The van der Waals surface area contributed by atoms with Crippen LogP contribution < -0.4 is 10.2 Å². The average Bonchev–Trinajstić information content (AvgIpc) is 2.28. The van der Waals surface area contributed by atoms with Crippen LogP contribution in [0.5, 0.6) is 0 Å². The molecule has 0 fully saturated rings. The summed E-state index contributed by atoms with van der Waals surface area (Å²) < 4.78 is 0. The molecular weight excluding hydrogens is 202 g/mol. The topological polar surface area (TPSA) is 45.2 Å². The molecule has 0 aliphatic rings. The van der Waals surface area contributed by atoms with Gasteiger partial charge in [-0.2, -0.15) is 0 Å². The highest BCUT2D eigenvalue weighted by Crippen LogP contribution is 2.16. The fraction of sp³-hybridized carbons (Fsp3) is 0.500. The Kier molecular flexibility index (Phi) is 4.28. The Bertz CT molecular complexity index is 363. The molecule has 0 aliphatic carbocycles. The summed E-state index contributed by atoms with van der Waals surface area (Å²) in [6, 6.07) is 3.93. The quantitative estimate of drug-likeness (QED) is 0.842. The number of carbonyl (C=O) groups excluding carboxylic acids is 1. The highest BCUT2D eigenvalue weighted by molar-refractivity contribution is 5.76. The van der Waals surface area contributed by atoms with Crippen molar-refractivity contribution in [2.75, 3.05) is 19.0 Å². The molecule has 1 N–H and O–H groups in total. The zero-order valence-corrected chi connectivity index (χ0v) is 10.3. The number of amides is 1. The molecule has 0 unspecified atom stereocenters. The van der Waals surface area contributed by atoms with Gasteiger partial charge in [-0.05, 0) is 24.6 Å². The maximum Gasteiger partial charge on any atom is 0.220 e. The van der Waals surface area contributed by atoms with Crippen LogP contribution in [0, 0.1) is 0 Å². The maximum absolute atomic E-state index is 11.3. The molecule has 1 aromatic heterocycles. The van der Waals surface area contributed by atoms with E-state index in [2.05, 4.69) is 10.3 Å². The van der Waals surface area contributed by atoms with Crippen LogP contribution in [0.3, 0.4) is 0 Å². The zero-order chi connectivity index (χ0) is 12.1. The Balaban J connectivity index is 2.79. The second-order valence-electron chi connectivity index (χ2n) is 3.98. The molecule has 4 heteroatoms. The first-order valence-corrected chi connectivity index (χ1v) is 5.47. The van der Waals surface area contributed by atoms with Gasteiger partial charge in [-0.1, -0.05) is 6.92 Å². The molecule has 0 aliphatic heterocycles. The lowest BCUT2D eigenvalue weighted by atomic mass is 10.1. The zero-order valence-electron chi connectivity index (χ0n) is 10.3. The van der Waals surface area contributed by atoms with Gasteiger partial charge in [0, 0.05) is 26.7 Å². The first kappa shape index (κ1) is 12.5. The SMILES string of the molecule is CCC(=O)N[C@H](C)c1ccnc(N(C)C)c1. The van der Waals surface area contributed by atoms with Gasteiger partial charge in [0.2, 0.25) is 5.91 Å². The fourth-order valence-electron chi connectivity index (χ4n) is 1.37. The van der Waals surface area contributed by atoms with Crippen molar-refractivity contribution in [1.29, 1.82) is 0 Å².